The summed E-state index contributed by atoms with van der Waals surface area (Å²) in [6.45, 7) is 4.68. The third-order valence-electron chi connectivity index (χ3n) is 0.494. The Hall–Kier alpha value is 0.610. The molecule has 0 saturated carbocycles. The molecule has 0 aromatic heterocycles. The predicted molar refractivity (Wildman–Crippen MR) is 40.5 cm³/mol. The van der Waals surface area contributed by atoms with Crippen LogP contribution in [0.15, 0.2) is 12.7 Å². The van der Waals surface area contributed by atoms with Gasteiger partial charge in [-0.25, -0.2) is 0 Å². The molecular weight excluding hydrogens is 179 g/mol. The van der Waals surface area contributed by atoms with Crippen molar-refractivity contribution >= 4 is 10.1 Å². The SMILES string of the molecule is C=CCO.CCS(=O)(=O)O.[H-].[Na+]. The van der Waals surface area contributed by atoms with Crippen LogP contribution in [0, 0.1) is 0 Å². The van der Waals surface area contributed by atoms with Gasteiger partial charge >= 0.3 is 29.6 Å². The van der Waals surface area contributed by atoms with Crippen LogP contribution >= 0.6 is 0 Å². The van der Waals surface area contributed by atoms with E-state index in [0.717, 1.165) is 0 Å². The van der Waals surface area contributed by atoms with E-state index < -0.39 is 10.1 Å². The second-order valence-corrected chi connectivity index (χ2v) is 3.08. The van der Waals surface area contributed by atoms with E-state index in [1.165, 1.54) is 13.0 Å². The van der Waals surface area contributed by atoms with Gasteiger partial charge in [0, 0.05) is 0 Å². The minimum atomic E-state index is -3.66. The van der Waals surface area contributed by atoms with Gasteiger partial charge < -0.3 is 6.53 Å². The average Bonchev–Trinajstić information content (AvgIpc) is 1.87. The van der Waals surface area contributed by atoms with Crippen molar-refractivity contribution < 1.29 is 49.1 Å². The third kappa shape index (κ3) is 37.0. The summed E-state index contributed by atoms with van der Waals surface area (Å²) in [5.41, 5.74) is 0. The standard InChI is InChI=1S/C3H6O.C2H6O3S.Na.H/c1-2-3-4;1-2-6(3,4)5;;/h2,4H,1,3H2;2H2,1H3,(H,3,4,5);;/q;;+1;-1. The summed E-state index contributed by atoms with van der Waals surface area (Å²) >= 11 is 0. The molecule has 0 aromatic carbocycles. The van der Waals surface area contributed by atoms with Crippen molar-refractivity contribution in [1.29, 1.82) is 0 Å². The summed E-state index contributed by atoms with van der Waals surface area (Å²) in [6, 6.07) is 0. The second-order valence-electron chi connectivity index (χ2n) is 1.34. The summed E-state index contributed by atoms with van der Waals surface area (Å²) in [5, 5.41) is 7.76. The van der Waals surface area contributed by atoms with Crippen molar-refractivity contribution in [2.24, 2.45) is 0 Å². The molecule has 0 saturated heterocycles. The van der Waals surface area contributed by atoms with Crippen LogP contribution in [0.25, 0.3) is 0 Å². The Bertz CT molecular complexity index is 168. The molecule has 0 spiro atoms. The van der Waals surface area contributed by atoms with Gasteiger partial charge in [0.1, 0.15) is 0 Å². The molecule has 0 aliphatic rings. The van der Waals surface area contributed by atoms with Crippen LogP contribution in [0.5, 0.6) is 0 Å². The molecule has 0 unspecified atom stereocenters. The first-order valence-corrected chi connectivity index (χ1v) is 4.25. The Morgan fingerprint density at radius 1 is 1.64 bits per heavy atom. The largest absolute Gasteiger partial charge is 1.00 e. The minimum Gasteiger partial charge on any atom is -1.00 e. The quantitative estimate of drug-likeness (QED) is 0.281. The van der Waals surface area contributed by atoms with E-state index in [0.29, 0.717) is 0 Å². The molecule has 0 amide bonds. The fraction of sp³-hybridized carbons (Fsp3) is 0.600. The van der Waals surface area contributed by atoms with E-state index in [1.807, 2.05) is 0 Å². The van der Waals surface area contributed by atoms with Crippen molar-refractivity contribution in [3.05, 3.63) is 12.7 Å². The van der Waals surface area contributed by atoms with E-state index in [4.69, 9.17) is 9.66 Å². The van der Waals surface area contributed by atoms with Gasteiger partial charge in [-0.15, -0.1) is 6.58 Å². The maximum absolute atomic E-state index is 9.56. The van der Waals surface area contributed by atoms with Crippen LogP contribution in [0.3, 0.4) is 0 Å². The summed E-state index contributed by atoms with van der Waals surface area (Å²) in [5.74, 6) is -0.201. The van der Waals surface area contributed by atoms with Crippen LogP contribution < -0.4 is 29.6 Å². The molecule has 4 nitrogen and oxygen atoms in total. The van der Waals surface area contributed by atoms with E-state index in [9.17, 15) is 8.42 Å². The predicted octanol–water partition coefficient (Wildman–Crippen LogP) is -2.82. The monoisotopic (exact) mass is 192 g/mol. The van der Waals surface area contributed by atoms with Gasteiger partial charge in [-0.05, 0) is 6.92 Å². The molecule has 64 valence electrons. The molecule has 0 bridgehead atoms. The summed E-state index contributed by atoms with van der Waals surface area (Å²) < 4.78 is 26.9. The summed E-state index contributed by atoms with van der Waals surface area (Å²) in [6.07, 6.45) is 1.43. The number of hydrogen-bond donors (Lipinski definition) is 2. The van der Waals surface area contributed by atoms with Gasteiger partial charge in [0.25, 0.3) is 10.1 Å². The molecule has 0 rings (SSSR count). The average molecular weight is 192 g/mol. The first-order chi connectivity index (χ1) is 4.47. The van der Waals surface area contributed by atoms with Gasteiger partial charge in [-0.1, -0.05) is 6.08 Å². The van der Waals surface area contributed by atoms with Crippen LogP contribution in [-0.2, 0) is 10.1 Å². The van der Waals surface area contributed by atoms with Crippen molar-refractivity contribution in [2.75, 3.05) is 12.4 Å². The zero-order valence-corrected chi connectivity index (χ0v) is 9.63. The summed E-state index contributed by atoms with van der Waals surface area (Å²) in [7, 11) is -3.66. The molecule has 0 fully saturated rings. The Balaban J connectivity index is -0.0000000483. The molecule has 0 atom stereocenters. The Labute approximate surface area is 90.8 Å². The number of aliphatic hydroxyl groups is 1. The first-order valence-electron chi connectivity index (χ1n) is 2.64. The summed E-state index contributed by atoms with van der Waals surface area (Å²) in [4.78, 5) is 0. The minimum absolute atomic E-state index is 0. The van der Waals surface area contributed by atoms with E-state index in [2.05, 4.69) is 6.58 Å². The topological polar surface area (TPSA) is 74.6 Å². The molecule has 6 heteroatoms. The second kappa shape index (κ2) is 10.6. The third-order valence-corrected chi connectivity index (χ3v) is 1.22. The van der Waals surface area contributed by atoms with E-state index >= 15 is 0 Å². The van der Waals surface area contributed by atoms with Crippen LogP contribution in [0.1, 0.15) is 8.35 Å². The Kier molecular flexibility index (Phi) is 17.0. The maximum Gasteiger partial charge on any atom is 1.00 e. The molecule has 0 aliphatic heterocycles. The van der Waals surface area contributed by atoms with E-state index in [-0.39, 0.29) is 43.3 Å². The van der Waals surface area contributed by atoms with Crippen LogP contribution in [0.2, 0.25) is 0 Å². The van der Waals surface area contributed by atoms with Crippen LogP contribution in [0.4, 0.5) is 0 Å². The van der Waals surface area contributed by atoms with E-state index in [1.54, 1.807) is 0 Å². The number of rotatable bonds is 2. The zero-order valence-electron chi connectivity index (χ0n) is 7.82. The van der Waals surface area contributed by atoms with Gasteiger partial charge in [-0.3, -0.25) is 4.55 Å². The van der Waals surface area contributed by atoms with Gasteiger partial charge in [0.2, 0.25) is 0 Å². The Morgan fingerprint density at radius 3 is 1.82 bits per heavy atom. The molecule has 0 aromatic rings. The molecule has 11 heavy (non-hydrogen) atoms. The smallest absolute Gasteiger partial charge is 1.00 e. The Morgan fingerprint density at radius 2 is 1.82 bits per heavy atom. The van der Waals surface area contributed by atoms with Gasteiger partial charge in [0.15, 0.2) is 0 Å². The fourth-order valence-corrected chi connectivity index (χ4v) is 0. The normalized spacial score (nSPS) is 8.64. The molecule has 0 radical (unpaired) electrons. The van der Waals surface area contributed by atoms with Crippen LogP contribution in [-0.4, -0.2) is 30.4 Å². The van der Waals surface area contributed by atoms with Gasteiger partial charge in [0.05, 0.1) is 12.4 Å². The van der Waals surface area contributed by atoms with Crippen molar-refractivity contribution in [1.82, 2.24) is 0 Å². The zero-order chi connectivity index (χ0) is 8.62. The number of hydrogen-bond acceptors (Lipinski definition) is 3. The molecule has 0 aliphatic carbocycles. The van der Waals surface area contributed by atoms with Crippen molar-refractivity contribution in [3.8, 4) is 0 Å². The maximum atomic E-state index is 9.56. The molecule has 0 heterocycles. The first kappa shape index (κ1) is 17.6. The van der Waals surface area contributed by atoms with Crippen molar-refractivity contribution in [3.63, 3.8) is 0 Å². The molecule has 2 N–H and O–H groups in total. The fourth-order valence-electron chi connectivity index (χ4n) is 0. The molecular formula is C5H13NaO4S. The number of aliphatic hydroxyl groups excluding tert-OH is 1. The van der Waals surface area contributed by atoms with Crippen molar-refractivity contribution in [2.45, 2.75) is 6.92 Å². The van der Waals surface area contributed by atoms with Gasteiger partial charge in [-0.2, -0.15) is 8.42 Å².